The molecule has 3 N–H and O–H groups in total. The predicted octanol–water partition coefficient (Wildman–Crippen LogP) is 4.83. The summed E-state index contributed by atoms with van der Waals surface area (Å²) in [5.74, 6) is -0.110. The van der Waals surface area contributed by atoms with Crippen LogP contribution in [0.25, 0.3) is 11.0 Å². The lowest BCUT2D eigenvalue weighted by atomic mass is 9.93. The second-order valence-corrected chi connectivity index (χ2v) is 17.1. The summed E-state index contributed by atoms with van der Waals surface area (Å²) >= 11 is 0. The Kier molecular flexibility index (Phi) is 9.59. The predicted molar refractivity (Wildman–Crippen MR) is 228 cm³/mol. The van der Waals surface area contributed by atoms with E-state index in [0.29, 0.717) is 29.0 Å². The molecular formula is C45H49N11O4. The van der Waals surface area contributed by atoms with E-state index in [2.05, 4.69) is 85.9 Å². The average Bonchev–Trinajstić information content (AvgIpc) is 3.67. The van der Waals surface area contributed by atoms with Crippen molar-refractivity contribution in [3.05, 3.63) is 94.2 Å². The van der Waals surface area contributed by atoms with Gasteiger partial charge in [-0.15, -0.1) is 0 Å². The Morgan fingerprint density at radius 3 is 2.40 bits per heavy atom. The fourth-order valence-corrected chi connectivity index (χ4v) is 9.80. The number of anilines is 5. The summed E-state index contributed by atoms with van der Waals surface area (Å²) in [6, 6.07) is 17.8. The van der Waals surface area contributed by atoms with Gasteiger partial charge in [0.25, 0.3) is 11.8 Å². The zero-order valence-electron chi connectivity index (χ0n) is 34.2. The van der Waals surface area contributed by atoms with Gasteiger partial charge < -0.3 is 20.4 Å². The minimum atomic E-state index is -0.958. The number of benzene rings is 3. The van der Waals surface area contributed by atoms with Gasteiger partial charge in [0, 0.05) is 81.4 Å². The molecule has 5 aliphatic heterocycles. The van der Waals surface area contributed by atoms with E-state index in [0.717, 1.165) is 115 Å². The van der Waals surface area contributed by atoms with E-state index < -0.39 is 23.8 Å². The van der Waals surface area contributed by atoms with E-state index in [1.807, 2.05) is 19.3 Å². The number of likely N-dealkylation sites (tertiary alicyclic amines) is 1. The Hall–Kier alpha value is -6.19. The van der Waals surface area contributed by atoms with E-state index >= 15 is 0 Å². The van der Waals surface area contributed by atoms with Gasteiger partial charge in [0.1, 0.15) is 6.04 Å². The molecule has 60 heavy (non-hydrogen) atoms. The largest absolute Gasteiger partial charge is 0.371 e. The number of aryl methyl sites for hydroxylation is 3. The number of carbonyl (C=O) groups is 4. The summed E-state index contributed by atoms with van der Waals surface area (Å²) in [6.45, 7) is 11.2. The van der Waals surface area contributed by atoms with Gasteiger partial charge in [-0.2, -0.15) is 10.1 Å². The number of hydrogen-bond donors (Lipinski definition) is 3. The number of carbonyl (C=O) groups excluding carboxylic acids is 4. The van der Waals surface area contributed by atoms with Gasteiger partial charge in [-0.3, -0.25) is 34.3 Å². The molecule has 7 heterocycles. The first-order valence-corrected chi connectivity index (χ1v) is 21.0. The van der Waals surface area contributed by atoms with Crippen molar-refractivity contribution in [2.75, 3.05) is 54.8 Å². The van der Waals surface area contributed by atoms with Crippen molar-refractivity contribution in [3.8, 4) is 0 Å². The van der Waals surface area contributed by atoms with Gasteiger partial charge >= 0.3 is 0 Å². The molecule has 0 aliphatic carbocycles. The van der Waals surface area contributed by atoms with Crippen molar-refractivity contribution < 1.29 is 19.2 Å². The van der Waals surface area contributed by atoms with Crippen LogP contribution in [0.3, 0.4) is 0 Å². The lowest BCUT2D eigenvalue weighted by Gasteiger charge is -2.45. The molecule has 1 unspecified atom stereocenters. The molecule has 15 heteroatoms. The Morgan fingerprint density at radius 2 is 1.62 bits per heavy atom. The summed E-state index contributed by atoms with van der Waals surface area (Å²) in [5.41, 5.74) is 9.40. The third-order valence-electron chi connectivity index (χ3n) is 13.1. The Balaban J connectivity index is 0.712. The fourth-order valence-electron chi connectivity index (χ4n) is 9.80. The van der Waals surface area contributed by atoms with Crippen LogP contribution in [0, 0.1) is 19.8 Å². The monoisotopic (exact) mass is 807 g/mol. The third-order valence-corrected chi connectivity index (χ3v) is 13.1. The smallest absolute Gasteiger partial charge is 0.262 e. The molecule has 3 aromatic carbocycles. The van der Waals surface area contributed by atoms with E-state index in [1.54, 1.807) is 16.8 Å². The molecule has 0 saturated carbocycles. The SMILES string of the molecule is Cc1cccc(C)c1Nc1nn(C)c2nc(Nc3ccc4c(c3)CN(C3CCN(CC5CN(c6ccc7c(c6)C(=O)N(C6CCC(=O)NC6=O)C7=O)C5)CC3)CC4)ncc12. The maximum Gasteiger partial charge on any atom is 0.262 e. The molecule has 1 atom stereocenters. The van der Waals surface area contributed by atoms with Gasteiger partial charge in [0.05, 0.1) is 16.5 Å². The summed E-state index contributed by atoms with van der Waals surface area (Å²) in [7, 11) is 1.91. The Morgan fingerprint density at radius 1 is 0.833 bits per heavy atom. The molecule has 15 nitrogen and oxygen atoms in total. The maximum atomic E-state index is 13.3. The molecule has 4 amide bonds. The highest BCUT2D eigenvalue weighted by atomic mass is 16.2. The number of rotatable bonds is 9. The third kappa shape index (κ3) is 6.94. The minimum Gasteiger partial charge on any atom is -0.371 e. The first-order valence-electron chi connectivity index (χ1n) is 21.0. The van der Waals surface area contributed by atoms with Crippen LogP contribution in [0.2, 0.25) is 0 Å². The highest BCUT2D eigenvalue weighted by Crippen LogP contribution is 2.35. The normalized spacial score (nSPS) is 20.4. The zero-order chi connectivity index (χ0) is 41.2. The molecule has 0 bridgehead atoms. The molecule has 5 aromatic rings. The van der Waals surface area contributed by atoms with Gasteiger partial charge in [-0.1, -0.05) is 24.3 Å². The number of imide groups is 2. The molecule has 10 rings (SSSR count). The highest BCUT2D eigenvalue weighted by Gasteiger charge is 2.45. The van der Waals surface area contributed by atoms with Crippen molar-refractivity contribution in [3.63, 3.8) is 0 Å². The lowest BCUT2D eigenvalue weighted by molar-refractivity contribution is -0.136. The van der Waals surface area contributed by atoms with Crippen LogP contribution in [0.4, 0.5) is 28.8 Å². The summed E-state index contributed by atoms with van der Waals surface area (Å²) in [4.78, 5) is 68.6. The first-order chi connectivity index (χ1) is 29.1. The van der Waals surface area contributed by atoms with E-state index in [9.17, 15) is 19.2 Å². The van der Waals surface area contributed by atoms with Gasteiger partial charge in [0.2, 0.25) is 17.8 Å². The first kappa shape index (κ1) is 38.0. The van der Waals surface area contributed by atoms with Gasteiger partial charge in [0.15, 0.2) is 11.5 Å². The van der Waals surface area contributed by atoms with E-state index in [1.165, 1.54) is 11.1 Å². The minimum absolute atomic E-state index is 0.103. The fraction of sp³-hybridized carbons (Fsp3) is 0.400. The number of para-hydroxylation sites is 1. The van der Waals surface area contributed by atoms with Crippen LogP contribution in [0.15, 0.2) is 60.8 Å². The van der Waals surface area contributed by atoms with Gasteiger partial charge in [-0.05, 0) is 105 Å². The maximum absolute atomic E-state index is 13.3. The molecule has 2 aromatic heterocycles. The molecular weight excluding hydrogens is 759 g/mol. The van der Waals surface area contributed by atoms with Crippen LogP contribution < -0.4 is 20.9 Å². The van der Waals surface area contributed by atoms with E-state index in [-0.39, 0.29) is 18.7 Å². The second kappa shape index (κ2) is 15.1. The van der Waals surface area contributed by atoms with Crippen molar-refractivity contribution in [1.29, 1.82) is 0 Å². The quantitative estimate of drug-likeness (QED) is 0.175. The molecule has 0 radical (unpaired) electrons. The second-order valence-electron chi connectivity index (χ2n) is 17.1. The summed E-state index contributed by atoms with van der Waals surface area (Å²) in [6.07, 6.45) is 5.42. The summed E-state index contributed by atoms with van der Waals surface area (Å²) in [5, 5.41) is 14.8. The van der Waals surface area contributed by atoms with Crippen LogP contribution >= 0.6 is 0 Å². The molecule has 3 fully saturated rings. The van der Waals surface area contributed by atoms with Crippen LogP contribution in [-0.2, 0) is 29.6 Å². The van der Waals surface area contributed by atoms with Crippen LogP contribution in [0.1, 0.15) is 68.7 Å². The number of piperidine rings is 2. The van der Waals surface area contributed by atoms with Crippen molar-refractivity contribution in [2.24, 2.45) is 13.0 Å². The van der Waals surface area contributed by atoms with Crippen LogP contribution in [0.5, 0.6) is 0 Å². The number of aromatic nitrogens is 4. The van der Waals surface area contributed by atoms with Crippen LogP contribution in [-0.4, -0.2) is 109 Å². The van der Waals surface area contributed by atoms with Crippen molar-refractivity contribution in [1.82, 2.24) is 39.8 Å². The average molecular weight is 808 g/mol. The van der Waals surface area contributed by atoms with Gasteiger partial charge in [-0.25, -0.2) is 9.67 Å². The van der Waals surface area contributed by atoms with Crippen molar-refractivity contribution >= 4 is 63.5 Å². The molecule has 0 spiro atoms. The molecule has 5 aliphatic rings. The number of fused-ring (bicyclic) bond motifs is 3. The number of nitrogens with one attached hydrogen (secondary N) is 3. The number of hydrogen-bond acceptors (Lipinski definition) is 12. The zero-order valence-corrected chi connectivity index (χ0v) is 34.2. The topological polar surface area (TPSA) is 161 Å². The van der Waals surface area contributed by atoms with E-state index in [4.69, 9.17) is 10.1 Å². The number of nitrogens with zero attached hydrogens (tertiary/aromatic N) is 8. The summed E-state index contributed by atoms with van der Waals surface area (Å²) < 4.78 is 1.79. The Labute approximate surface area is 348 Å². The standard InChI is InChI=1S/C45H49N11O4/c1-26-5-4-6-27(2)39(26)49-40-36-21-46-45(50-41(36)52(3)51-40)47-31-8-7-29-13-18-54(25-30(29)19-31)32-14-16-53(17-15-32)22-28-23-55(24-28)33-9-10-34-35(20-33)44(60)56(43(34)59)37-11-12-38(57)48-42(37)58/h4-10,19-21,28,32,37H,11-18,22-25H2,1-3H3,(H,49,51)(H,46,47,50)(H,48,57,58). The number of amides is 4. The molecule has 308 valence electrons. The highest BCUT2D eigenvalue weighted by molar-refractivity contribution is 6.23. The lowest BCUT2D eigenvalue weighted by Crippen LogP contribution is -2.54. The Bertz CT molecular complexity index is 2550. The van der Waals surface area contributed by atoms with Crippen molar-refractivity contribution in [2.45, 2.75) is 64.6 Å². The molecule has 3 saturated heterocycles.